The zero-order valence-corrected chi connectivity index (χ0v) is 14.2. The van der Waals surface area contributed by atoms with Crippen molar-refractivity contribution in [3.05, 3.63) is 23.5 Å². The van der Waals surface area contributed by atoms with Crippen LogP contribution in [0, 0.1) is 6.92 Å². The van der Waals surface area contributed by atoms with Crippen LogP contribution in [0.5, 0.6) is 0 Å². The predicted molar refractivity (Wildman–Crippen MR) is 87.8 cm³/mol. The van der Waals surface area contributed by atoms with E-state index in [-0.39, 0.29) is 11.6 Å². The van der Waals surface area contributed by atoms with Crippen molar-refractivity contribution in [2.24, 2.45) is 0 Å². The molecule has 118 valence electrons. The molecule has 0 amide bonds. The van der Waals surface area contributed by atoms with Crippen molar-refractivity contribution in [1.82, 2.24) is 10.3 Å². The van der Waals surface area contributed by atoms with Crippen molar-refractivity contribution in [2.45, 2.75) is 65.8 Å². The number of aromatic nitrogens is 1. The maximum Gasteiger partial charge on any atom is 0.0723 e. The Labute approximate surface area is 128 Å². The highest BCUT2D eigenvalue weighted by atomic mass is 16.5. The smallest absolute Gasteiger partial charge is 0.0723 e. The van der Waals surface area contributed by atoms with Crippen molar-refractivity contribution in [1.29, 1.82) is 0 Å². The van der Waals surface area contributed by atoms with Gasteiger partial charge in [-0.05, 0) is 47.6 Å². The van der Waals surface area contributed by atoms with Gasteiger partial charge in [0, 0.05) is 47.8 Å². The van der Waals surface area contributed by atoms with Crippen LogP contribution in [0.4, 0.5) is 5.69 Å². The SMILES string of the molecule is Cc1cc(N2CC(C)OCC2C)c(CNC(C)(C)C)cn1. The highest BCUT2D eigenvalue weighted by Gasteiger charge is 2.25. The molecule has 1 aliphatic rings. The van der Waals surface area contributed by atoms with Crippen LogP contribution in [-0.4, -0.2) is 35.8 Å². The van der Waals surface area contributed by atoms with Crippen molar-refractivity contribution >= 4 is 5.69 Å². The Balaban J connectivity index is 2.25. The molecule has 4 nitrogen and oxygen atoms in total. The van der Waals surface area contributed by atoms with Crippen LogP contribution in [0.3, 0.4) is 0 Å². The van der Waals surface area contributed by atoms with Crippen molar-refractivity contribution in [2.75, 3.05) is 18.1 Å². The number of ether oxygens (including phenoxy) is 1. The molecule has 2 heterocycles. The molecular weight excluding hydrogens is 262 g/mol. The number of pyridine rings is 1. The zero-order valence-electron chi connectivity index (χ0n) is 14.2. The van der Waals surface area contributed by atoms with Gasteiger partial charge in [0.05, 0.1) is 12.7 Å². The van der Waals surface area contributed by atoms with Crippen LogP contribution in [-0.2, 0) is 11.3 Å². The molecule has 1 aromatic rings. The lowest BCUT2D eigenvalue weighted by Crippen LogP contribution is -2.48. The van der Waals surface area contributed by atoms with Gasteiger partial charge in [-0.25, -0.2) is 0 Å². The van der Waals surface area contributed by atoms with Crippen molar-refractivity contribution in [3.63, 3.8) is 0 Å². The number of rotatable bonds is 3. The molecule has 21 heavy (non-hydrogen) atoms. The fourth-order valence-corrected chi connectivity index (χ4v) is 2.58. The molecule has 1 fully saturated rings. The number of nitrogens with zero attached hydrogens (tertiary/aromatic N) is 2. The highest BCUT2D eigenvalue weighted by Crippen LogP contribution is 2.26. The predicted octanol–water partition coefficient (Wildman–Crippen LogP) is 2.89. The van der Waals surface area contributed by atoms with Crippen LogP contribution < -0.4 is 10.2 Å². The van der Waals surface area contributed by atoms with Gasteiger partial charge in [-0.2, -0.15) is 0 Å². The minimum atomic E-state index is 0.103. The summed E-state index contributed by atoms with van der Waals surface area (Å²) in [7, 11) is 0. The van der Waals surface area contributed by atoms with Crippen molar-refractivity contribution in [3.8, 4) is 0 Å². The van der Waals surface area contributed by atoms with Gasteiger partial charge in [0.15, 0.2) is 0 Å². The van der Waals surface area contributed by atoms with E-state index in [0.717, 1.165) is 25.4 Å². The van der Waals surface area contributed by atoms with Gasteiger partial charge in [0.25, 0.3) is 0 Å². The molecule has 1 N–H and O–H groups in total. The van der Waals surface area contributed by atoms with Gasteiger partial charge in [-0.15, -0.1) is 0 Å². The first-order valence-corrected chi connectivity index (χ1v) is 7.85. The van der Waals surface area contributed by atoms with E-state index in [1.165, 1.54) is 11.3 Å². The molecular formula is C17H29N3O. The second kappa shape index (κ2) is 6.32. The Morgan fingerprint density at radius 2 is 2.10 bits per heavy atom. The van der Waals surface area contributed by atoms with Gasteiger partial charge in [-0.3, -0.25) is 4.98 Å². The van der Waals surface area contributed by atoms with Crippen LogP contribution in [0.15, 0.2) is 12.3 Å². The van der Waals surface area contributed by atoms with Crippen LogP contribution in [0.1, 0.15) is 45.9 Å². The molecule has 2 rings (SSSR count). The number of hydrogen-bond donors (Lipinski definition) is 1. The van der Waals surface area contributed by atoms with Crippen LogP contribution >= 0.6 is 0 Å². The Hall–Kier alpha value is -1.13. The van der Waals surface area contributed by atoms with Crippen LogP contribution in [0.25, 0.3) is 0 Å². The summed E-state index contributed by atoms with van der Waals surface area (Å²) in [6.07, 6.45) is 2.29. The second-order valence-corrected chi connectivity index (χ2v) is 7.20. The second-order valence-electron chi connectivity index (χ2n) is 7.20. The minimum Gasteiger partial charge on any atom is -0.375 e. The molecule has 0 radical (unpaired) electrons. The highest BCUT2D eigenvalue weighted by molar-refractivity contribution is 5.55. The summed E-state index contributed by atoms with van der Waals surface area (Å²) in [5, 5.41) is 3.57. The number of nitrogens with one attached hydrogen (secondary N) is 1. The van der Waals surface area contributed by atoms with E-state index in [2.05, 4.69) is 62.8 Å². The third-order valence-corrected chi connectivity index (χ3v) is 3.83. The summed E-state index contributed by atoms with van der Waals surface area (Å²) in [6, 6.07) is 2.60. The Morgan fingerprint density at radius 1 is 1.38 bits per heavy atom. The summed E-state index contributed by atoms with van der Waals surface area (Å²) in [5.41, 5.74) is 3.72. The number of morpholine rings is 1. The lowest BCUT2D eigenvalue weighted by Gasteiger charge is -2.39. The topological polar surface area (TPSA) is 37.4 Å². The average molecular weight is 291 g/mol. The average Bonchev–Trinajstić information content (AvgIpc) is 2.39. The maximum absolute atomic E-state index is 5.75. The largest absolute Gasteiger partial charge is 0.375 e. The Kier molecular flexibility index (Phi) is 4.89. The van der Waals surface area contributed by atoms with E-state index >= 15 is 0 Å². The Morgan fingerprint density at radius 3 is 2.76 bits per heavy atom. The molecule has 2 atom stereocenters. The standard InChI is InChI=1S/C17H29N3O/c1-12-7-16(20-10-14(3)21-11-13(20)2)15(8-18-12)9-19-17(4,5)6/h7-8,13-14,19H,9-11H2,1-6H3. The van der Waals surface area contributed by atoms with E-state index in [4.69, 9.17) is 4.74 Å². The third kappa shape index (κ3) is 4.42. The van der Waals surface area contributed by atoms with Gasteiger partial charge < -0.3 is 15.0 Å². The first-order chi connectivity index (χ1) is 9.76. The zero-order chi connectivity index (χ0) is 15.6. The summed E-state index contributed by atoms with van der Waals surface area (Å²) in [4.78, 5) is 6.94. The monoisotopic (exact) mass is 291 g/mol. The van der Waals surface area contributed by atoms with Crippen molar-refractivity contribution < 1.29 is 4.74 Å². The van der Waals surface area contributed by atoms with E-state index in [1.54, 1.807) is 0 Å². The third-order valence-electron chi connectivity index (χ3n) is 3.83. The summed E-state index contributed by atoms with van der Waals surface area (Å²) < 4.78 is 5.75. The molecule has 0 aromatic carbocycles. The molecule has 1 aliphatic heterocycles. The molecule has 0 bridgehead atoms. The molecule has 1 aromatic heterocycles. The first kappa shape index (κ1) is 16.2. The summed E-state index contributed by atoms with van der Waals surface area (Å²) in [5.74, 6) is 0. The summed E-state index contributed by atoms with van der Waals surface area (Å²) >= 11 is 0. The van der Waals surface area contributed by atoms with E-state index in [1.807, 2.05) is 6.20 Å². The summed E-state index contributed by atoms with van der Waals surface area (Å²) in [6.45, 7) is 15.5. The lowest BCUT2D eigenvalue weighted by molar-refractivity contribution is 0.0343. The molecule has 0 aliphatic carbocycles. The lowest BCUT2D eigenvalue weighted by atomic mass is 10.1. The molecule has 0 saturated carbocycles. The number of anilines is 1. The molecule has 4 heteroatoms. The van der Waals surface area contributed by atoms with Gasteiger partial charge >= 0.3 is 0 Å². The number of hydrogen-bond acceptors (Lipinski definition) is 4. The van der Waals surface area contributed by atoms with Gasteiger partial charge in [-0.1, -0.05) is 0 Å². The maximum atomic E-state index is 5.75. The van der Waals surface area contributed by atoms with E-state index in [0.29, 0.717) is 6.04 Å². The number of aryl methyl sites for hydroxylation is 1. The van der Waals surface area contributed by atoms with Gasteiger partial charge in [0.1, 0.15) is 0 Å². The first-order valence-electron chi connectivity index (χ1n) is 7.85. The minimum absolute atomic E-state index is 0.103. The van der Waals surface area contributed by atoms with Crippen LogP contribution in [0.2, 0.25) is 0 Å². The molecule has 2 unspecified atom stereocenters. The fraction of sp³-hybridized carbons (Fsp3) is 0.706. The fourth-order valence-electron chi connectivity index (χ4n) is 2.58. The quantitative estimate of drug-likeness (QED) is 0.929. The molecule has 1 saturated heterocycles. The normalized spacial score (nSPS) is 23.4. The molecule has 0 spiro atoms. The van der Waals surface area contributed by atoms with Gasteiger partial charge in [0.2, 0.25) is 0 Å². The van der Waals surface area contributed by atoms with E-state index < -0.39 is 0 Å². The Bertz CT molecular complexity index is 481. The van der Waals surface area contributed by atoms with E-state index in [9.17, 15) is 0 Å².